The fraction of sp³-hybridized carbons (Fsp3) is 0.917. The van der Waals surface area contributed by atoms with E-state index in [1.54, 1.807) is 0 Å². The van der Waals surface area contributed by atoms with Gasteiger partial charge in [-0.3, -0.25) is 4.79 Å². The first-order valence-corrected chi connectivity index (χ1v) is 6.00. The lowest BCUT2D eigenvalue weighted by Gasteiger charge is -2.27. The standard InChI is InChI=1S/C9H17NO2.C3H8/c1-3-12-9(11)8-4-6-10(2)7-5-8;1-3-2/h8H,3-7H2,1-2H3;3H2,1-2H3. The van der Waals surface area contributed by atoms with Crippen LogP contribution >= 0.6 is 0 Å². The molecule has 0 amide bonds. The molecular formula is C12H25NO2. The highest BCUT2D eigenvalue weighted by atomic mass is 16.5. The Morgan fingerprint density at radius 3 is 2.13 bits per heavy atom. The summed E-state index contributed by atoms with van der Waals surface area (Å²) in [6.07, 6.45) is 3.16. The minimum atomic E-state index is -0.00870. The van der Waals surface area contributed by atoms with E-state index in [0.29, 0.717) is 6.61 Å². The maximum atomic E-state index is 11.3. The van der Waals surface area contributed by atoms with Crippen LogP contribution in [0.15, 0.2) is 0 Å². The third-order valence-corrected chi connectivity index (χ3v) is 2.34. The summed E-state index contributed by atoms with van der Waals surface area (Å²) in [4.78, 5) is 13.5. The van der Waals surface area contributed by atoms with Gasteiger partial charge in [0.05, 0.1) is 12.5 Å². The van der Waals surface area contributed by atoms with E-state index in [4.69, 9.17) is 4.74 Å². The van der Waals surface area contributed by atoms with Gasteiger partial charge in [0, 0.05) is 0 Å². The molecule has 3 nitrogen and oxygen atoms in total. The van der Waals surface area contributed by atoms with Crippen LogP contribution in [0.3, 0.4) is 0 Å². The average molecular weight is 215 g/mol. The monoisotopic (exact) mass is 215 g/mol. The highest BCUT2D eigenvalue weighted by Gasteiger charge is 2.23. The fourth-order valence-electron chi connectivity index (χ4n) is 1.50. The summed E-state index contributed by atoms with van der Waals surface area (Å²) in [7, 11) is 2.08. The molecule has 0 N–H and O–H groups in total. The van der Waals surface area contributed by atoms with E-state index < -0.39 is 0 Å². The van der Waals surface area contributed by atoms with Crippen LogP contribution in [0.5, 0.6) is 0 Å². The van der Waals surface area contributed by atoms with E-state index in [1.165, 1.54) is 6.42 Å². The van der Waals surface area contributed by atoms with Crippen molar-refractivity contribution in [1.82, 2.24) is 4.90 Å². The summed E-state index contributed by atoms with van der Waals surface area (Å²) in [6.45, 7) is 8.64. The Balaban J connectivity index is 0.000000583. The van der Waals surface area contributed by atoms with Crippen molar-refractivity contribution in [2.24, 2.45) is 5.92 Å². The minimum Gasteiger partial charge on any atom is -0.466 e. The van der Waals surface area contributed by atoms with Crippen LogP contribution in [0, 0.1) is 5.92 Å². The summed E-state index contributed by atoms with van der Waals surface area (Å²) in [5.41, 5.74) is 0. The Labute approximate surface area is 93.8 Å². The third-order valence-electron chi connectivity index (χ3n) is 2.34. The molecule has 0 unspecified atom stereocenters. The Kier molecular flexibility index (Phi) is 8.38. The zero-order valence-corrected chi connectivity index (χ0v) is 10.6. The molecule has 1 saturated heterocycles. The van der Waals surface area contributed by atoms with Crippen LogP contribution in [-0.4, -0.2) is 37.6 Å². The molecule has 1 heterocycles. The van der Waals surface area contributed by atoms with Gasteiger partial charge in [-0.25, -0.2) is 0 Å². The van der Waals surface area contributed by atoms with Crippen molar-refractivity contribution in [2.45, 2.75) is 40.0 Å². The van der Waals surface area contributed by atoms with Crippen molar-refractivity contribution in [2.75, 3.05) is 26.7 Å². The topological polar surface area (TPSA) is 29.5 Å². The second kappa shape index (κ2) is 8.72. The number of nitrogens with zero attached hydrogens (tertiary/aromatic N) is 1. The zero-order chi connectivity index (χ0) is 11.7. The Hall–Kier alpha value is -0.570. The molecule has 0 bridgehead atoms. The Morgan fingerprint density at radius 1 is 1.27 bits per heavy atom. The molecule has 0 aromatic carbocycles. The van der Waals surface area contributed by atoms with E-state index in [9.17, 15) is 4.79 Å². The molecule has 0 saturated carbocycles. The third kappa shape index (κ3) is 6.50. The van der Waals surface area contributed by atoms with Gasteiger partial charge in [0.15, 0.2) is 0 Å². The number of carbonyl (C=O) groups excluding carboxylic acids is 1. The highest BCUT2D eigenvalue weighted by Crippen LogP contribution is 2.16. The van der Waals surface area contributed by atoms with E-state index >= 15 is 0 Å². The minimum absolute atomic E-state index is 0.00870. The second-order valence-electron chi connectivity index (χ2n) is 4.04. The molecule has 0 radical (unpaired) electrons. The fourth-order valence-corrected chi connectivity index (χ4v) is 1.50. The second-order valence-corrected chi connectivity index (χ2v) is 4.04. The number of esters is 1. The molecule has 1 aliphatic heterocycles. The van der Waals surface area contributed by atoms with Gasteiger partial charge in [-0.1, -0.05) is 20.3 Å². The summed E-state index contributed by atoms with van der Waals surface area (Å²) in [6, 6.07) is 0. The number of carbonyl (C=O) groups is 1. The van der Waals surface area contributed by atoms with Gasteiger partial charge < -0.3 is 9.64 Å². The first kappa shape index (κ1) is 14.4. The van der Waals surface area contributed by atoms with Crippen molar-refractivity contribution >= 4 is 5.97 Å². The van der Waals surface area contributed by atoms with Crippen LogP contribution < -0.4 is 0 Å². The van der Waals surface area contributed by atoms with Crippen molar-refractivity contribution < 1.29 is 9.53 Å². The maximum absolute atomic E-state index is 11.3. The number of hydrogen-bond donors (Lipinski definition) is 0. The van der Waals surface area contributed by atoms with Crippen LogP contribution in [0.2, 0.25) is 0 Å². The predicted octanol–water partition coefficient (Wildman–Crippen LogP) is 2.31. The zero-order valence-electron chi connectivity index (χ0n) is 10.6. The maximum Gasteiger partial charge on any atom is 0.309 e. The number of hydrogen-bond acceptors (Lipinski definition) is 3. The number of likely N-dealkylation sites (tertiary alicyclic amines) is 1. The van der Waals surface area contributed by atoms with Crippen molar-refractivity contribution in [3.8, 4) is 0 Å². The van der Waals surface area contributed by atoms with Crippen LogP contribution in [0.25, 0.3) is 0 Å². The quantitative estimate of drug-likeness (QED) is 0.662. The van der Waals surface area contributed by atoms with Crippen molar-refractivity contribution in [1.29, 1.82) is 0 Å². The summed E-state index contributed by atoms with van der Waals surface area (Å²) in [5, 5.41) is 0. The van der Waals surface area contributed by atoms with E-state index in [-0.39, 0.29) is 11.9 Å². The lowest BCUT2D eigenvalue weighted by molar-refractivity contribution is -0.149. The van der Waals surface area contributed by atoms with Gasteiger partial charge in [-0.05, 0) is 39.9 Å². The van der Waals surface area contributed by atoms with E-state index in [0.717, 1.165) is 25.9 Å². The van der Waals surface area contributed by atoms with Gasteiger partial charge in [-0.2, -0.15) is 0 Å². The van der Waals surface area contributed by atoms with E-state index in [1.807, 2.05) is 6.92 Å². The molecule has 0 atom stereocenters. The van der Waals surface area contributed by atoms with Crippen LogP contribution in [0.1, 0.15) is 40.0 Å². The van der Waals surface area contributed by atoms with Gasteiger partial charge in [-0.15, -0.1) is 0 Å². The molecular weight excluding hydrogens is 190 g/mol. The molecule has 0 aromatic heterocycles. The molecule has 0 aliphatic carbocycles. The number of rotatable bonds is 2. The lowest BCUT2D eigenvalue weighted by Crippen LogP contribution is -2.34. The number of piperidine rings is 1. The molecule has 3 heteroatoms. The first-order valence-electron chi connectivity index (χ1n) is 6.00. The molecule has 15 heavy (non-hydrogen) atoms. The van der Waals surface area contributed by atoms with Crippen molar-refractivity contribution in [3.05, 3.63) is 0 Å². The van der Waals surface area contributed by atoms with Gasteiger partial charge in [0.25, 0.3) is 0 Å². The van der Waals surface area contributed by atoms with Gasteiger partial charge in [0.1, 0.15) is 0 Å². The molecule has 0 aromatic rings. The normalized spacial score (nSPS) is 17.9. The Bertz CT molecular complexity index is 163. The van der Waals surface area contributed by atoms with Crippen LogP contribution in [-0.2, 0) is 9.53 Å². The van der Waals surface area contributed by atoms with E-state index in [2.05, 4.69) is 25.8 Å². The summed E-state index contributed by atoms with van der Waals surface area (Å²) < 4.78 is 4.96. The molecule has 1 rings (SSSR count). The largest absolute Gasteiger partial charge is 0.466 e. The molecule has 1 fully saturated rings. The van der Waals surface area contributed by atoms with Gasteiger partial charge >= 0.3 is 5.97 Å². The molecule has 1 aliphatic rings. The first-order chi connectivity index (χ1) is 7.15. The van der Waals surface area contributed by atoms with Crippen molar-refractivity contribution in [3.63, 3.8) is 0 Å². The highest BCUT2D eigenvalue weighted by molar-refractivity contribution is 5.72. The summed E-state index contributed by atoms with van der Waals surface area (Å²) >= 11 is 0. The predicted molar refractivity (Wildman–Crippen MR) is 62.8 cm³/mol. The molecule has 0 spiro atoms. The van der Waals surface area contributed by atoms with Crippen LogP contribution in [0.4, 0.5) is 0 Å². The average Bonchev–Trinajstić information content (AvgIpc) is 2.20. The molecule has 90 valence electrons. The Morgan fingerprint density at radius 2 is 1.73 bits per heavy atom. The lowest BCUT2D eigenvalue weighted by atomic mass is 9.97. The summed E-state index contributed by atoms with van der Waals surface area (Å²) in [5.74, 6) is 0.145. The van der Waals surface area contributed by atoms with Gasteiger partial charge in [0.2, 0.25) is 0 Å². The smallest absolute Gasteiger partial charge is 0.309 e. The SMILES string of the molecule is CCC.CCOC(=O)C1CCN(C)CC1. The number of ether oxygens (including phenoxy) is 1.